The van der Waals surface area contributed by atoms with Crippen LogP contribution in [0.25, 0.3) is 0 Å². The lowest BCUT2D eigenvalue weighted by Crippen LogP contribution is -2.57. The van der Waals surface area contributed by atoms with Crippen LogP contribution in [0.15, 0.2) is 35.3 Å². The van der Waals surface area contributed by atoms with Crippen molar-refractivity contribution in [2.75, 3.05) is 6.54 Å². The summed E-state index contributed by atoms with van der Waals surface area (Å²) in [5, 5.41) is 25.6. The second kappa shape index (κ2) is 16.6. The van der Waals surface area contributed by atoms with Crippen molar-refractivity contribution in [1.29, 1.82) is 0 Å². The molecule has 0 aromatic heterocycles. The van der Waals surface area contributed by atoms with E-state index in [1.807, 2.05) is 44.2 Å². The van der Waals surface area contributed by atoms with Crippen molar-refractivity contribution in [3.8, 4) is 0 Å². The molecule has 3 amide bonds. The van der Waals surface area contributed by atoms with Gasteiger partial charge in [-0.2, -0.15) is 0 Å². The Hall–Kier alpha value is -4.20. The van der Waals surface area contributed by atoms with Crippen LogP contribution in [0.5, 0.6) is 0 Å². The third-order valence-corrected chi connectivity index (χ3v) is 5.55. The zero-order chi connectivity index (χ0) is 29.5. The lowest BCUT2D eigenvalue weighted by atomic mass is 10.0. The molecule has 1 aromatic carbocycles. The van der Waals surface area contributed by atoms with E-state index in [-0.39, 0.29) is 44.1 Å². The van der Waals surface area contributed by atoms with Crippen LogP contribution in [0.2, 0.25) is 0 Å². The first-order valence-electron chi connectivity index (χ1n) is 12.5. The first kappa shape index (κ1) is 32.8. The fourth-order valence-corrected chi connectivity index (χ4v) is 3.63. The molecular formula is C25H39N7O7. The van der Waals surface area contributed by atoms with E-state index in [1.165, 1.54) is 0 Å². The van der Waals surface area contributed by atoms with Gasteiger partial charge in [-0.25, -0.2) is 4.79 Å². The Kier molecular flexibility index (Phi) is 14.0. The normalized spacial score (nSPS) is 13.8. The fourth-order valence-electron chi connectivity index (χ4n) is 3.63. The zero-order valence-electron chi connectivity index (χ0n) is 22.1. The zero-order valence-corrected chi connectivity index (χ0v) is 22.1. The number of carbonyl (C=O) groups is 5. The Bertz CT molecular complexity index is 1010. The Balaban J connectivity index is 3.03. The number of amides is 3. The molecule has 0 heterocycles. The summed E-state index contributed by atoms with van der Waals surface area (Å²) in [5.74, 6) is -5.31. The number of rotatable bonds is 17. The Labute approximate surface area is 226 Å². The van der Waals surface area contributed by atoms with Gasteiger partial charge in [0.15, 0.2) is 5.96 Å². The van der Waals surface area contributed by atoms with E-state index in [0.717, 1.165) is 5.56 Å². The van der Waals surface area contributed by atoms with Gasteiger partial charge < -0.3 is 43.4 Å². The maximum absolute atomic E-state index is 13.2. The molecule has 0 radical (unpaired) electrons. The maximum Gasteiger partial charge on any atom is 0.326 e. The number of nitrogens with two attached hydrogens (primary N) is 3. The Morgan fingerprint density at radius 3 is 1.97 bits per heavy atom. The van der Waals surface area contributed by atoms with Crippen LogP contribution in [0.3, 0.4) is 0 Å². The molecule has 11 N–H and O–H groups in total. The Morgan fingerprint density at radius 1 is 0.872 bits per heavy atom. The molecule has 0 bridgehead atoms. The predicted octanol–water partition coefficient (Wildman–Crippen LogP) is -1.33. The second-order valence-corrected chi connectivity index (χ2v) is 9.49. The van der Waals surface area contributed by atoms with E-state index in [1.54, 1.807) is 0 Å². The van der Waals surface area contributed by atoms with Crippen LogP contribution in [0.4, 0.5) is 0 Å². The Morgan fingerprint density at radius 2 is 1.44 bits per heavy atom. The predicted molar refractivity (Wildman–Crippen MR) is 143 cm³/mol. The largest absolute Gasteiger partial charge is 0.481 e. The molecule has 14 heteroatoms. The molecule has 0 saturated carbocycles. The molecule has 4 unspecified atom stereocenters. The van der Waals surface area contributed by atoms with Gasteiger partial charge in [0.25, 0.3) is 0 Å². The number of nitrogens with zero attached hydrogens (tertiary/aromatic N) is 1. The topological polar surface area (TPSA) is 252 Å². The lowest BCUT2D eigenvalue weighted by Gasteiger charge is -2.26. The summed E-state index contributed by atoms with van der Waals surface area (Å²) in [5.41, 5.74) is 17.5. The van der Waals surface area contributed by atoms with E-state index < -0.39 is 60.2 Å². The summed E-state index contributed by atoms with van der Waals surface area (Å²) < 4.78 is 0. The number of aliphatic carboxylic acids is 2. The van der Waals surface area contributed by atoms with E-state index in [0.29, 0.717) is 0 Å². The number of carboxylic acid groups (broad SMARTS) is 2. The number of carbonyl (C=O) groups excluding carboxylic acids is 3. The average molecular weight is 550 g/mol. The molecule has 4 atom stereocenters. The van der Waals surface area contributed by atoms with Gasteiger partial charge in [-0.05, 0) is 37.2 Å². The third kappa shape index (κ3) is 13.2. The maximum atomic E-state index is 13.2. The average Bonchev–Trinajstić information content (AvgIpc) is 2.84. The van der Waals surface area contributed by atoms with Crippen molar-refractivity contribution in [2.24, 2.45) is 28.1 Å². The van der Waals surface area contributed by atoms with Crippen LogP contribution >= 0.6 is 0 Å². The van der Waals surface area contributed by atoms with Crippen LogP contribution in [-0.2, 0) is 30.4 Å². The van der Waals surface area contributed by atoms with E-state index in [2.05, 4.69) is 20.9 Å². The fraction of sp³-hybridized carbons (Fsp3) is 0.520. The number of guanidine groups is 1. The first-order valence-corrected chi connectivity index (χ1v) is 12.5. The number of carboxylic acids is 2. The highest BCUT2D eigenvalue weighted by atomic mass is 16.4. The molecule has 0 aliphatic heterocycles. The van der Waals surface area contributed by atoms with E-state index >= 15 is 0 Å². The number of hydrogen-bond acceptors (Lipinski definition) is 7. The minimum Gasteiger partial charge on any atom is -0.481 e. The molecule has 0 fully saturated rings. The van der Waals surface area contributed by atoms with Gasteiger partial charge in [0.1, 0.15) is 18.1 Å². The van der Waals surface area contributed by atoms with Crippen LogP contribution in [0.1, 0.15) is 45.1 Å². The molecule has 1 rings (SSSR count). The standard InChI is InChI=1S/C25H39N7O7/c1-14(2)11-18(31-21(35)16(26)12-15-7-4-3-5-8-15)23(37)30-17(9-6-10-29-25(27)28)22(36)32-19(24(38)39)13-20(33)34/h3-5,7-8,14,16-19H,6,9-13,26H2,1-2H3,(H,30,37)(H,31,35)(H,32,36)(H,33,34)(H,38,39)(H4,27,28,29). The van der Waals surface area contributed by atoms with Gasteiger partial charge in [0.05, 0.1) is 12.5 Å². The van der Waals surface area contributed by atoms with Gasteiger partial charge in [-0.1, -0.05) is 44.2 Å². The van der Waals surface area contributed by atoms with Gasteiger partial charge in [0, 0.05) is 6.54 Å². The highest BCUT2D eigenvalue weighted by molar-refractivity contribution is 5.94. The van der Waals surface area contributed by atoms with Crippen molar-refractivity contribution in [3.63, 3.8) is 0 Å². The van der Waals surface area contributed by atoms with Gasteiger partial charge in [-0.3, -0.25) is 24.2 Å². The molecule has 39 heavy (non-hydrogen) atoms. The molecule has 1 aromatic rings. The van der Waals surface area contributed by atoms with Crippen molar-refractivity contribution in [2.45, 2.75) is 70.1 Å². The van der Waals surface area contributed by atoms with Gasteiger partial charge in [-0.15, -0.1) is 0 Å². The molecule has 14 nitrogen and oxygen atoms in total. The highest BCUT2D eigenvalue weighted by Crippen LogP contribution is 2.09. The van der Waals surface area contributed by atoms with Gasteiger partial charge in [0.2, 0.25) is 17.7 Å². The molecule has 0 aliphatic rings. The highest BCUT2D eigenvalue weighted by Gasteiger charge is 2.31. The van der Waals surface area contributed by atoms with Crippen molar-refractivity contribution in [3.05, 3.63) is 35.9 Å². The van der Waals surface area contributed by atoms with Crippen LogP contribution < -0.4 is 33.2 Å². The first-order chi connectivity index (χ1) is 18.3. The summed E-state index contributed by atoms with van der Waals surface area (Å²) >= 11 is 0. The molecular weight excluding hydrogens is 510 g/mol. The van der Waals surface area contributed by atoms with Crippen molar-refractivity contribution in [1.82, 2.24) is 16.0 Å². The third-order valence-electron chi connectivity index (χ3n) is 5.55. The molecule has 0 saturated heterocycles. The number of aliphatic imine (C=N–C) groups is 1. The smallest absolute Gasteiger partial charge is 0.326 e. The lowest BCUT2D eigenvalue weighted by molar-refractivity contribution is -0.147. The SMILES string of the molecule is CC(C)CC(NC(=O)C(N)Cc1ccccc1)C(=O)NC(CCCN=C(N)N)C(=O)NC(CC(=O)O)C(=O)O. The summed E-state index contributed by atoms with van der Waals surface area (Å²) in [4.78, 5) is 65.2. The van der Waals surface area contributed by atoms with Crippen LogP contribution in [0, 0.1) is 5.92 Å². The number of hydrogen-bond donors (Lipinski definition) is 8. The van der Waals surface area contributed by atoms with E-state index in [9.17, 15) is 29.1 Å². The monoisotopic (exact) mass is 549 g/mol. The summed E-state index contributed by atoms with van der Waals surface area (Å²) in [6.45, 7) is 3.82. The summed E-state index contributed by atoms with van der Waals surface area (Å²) in [7, 11) is 0. The van der Waals surface area contributed by atoms with E-state index in [4.69, 9.17) is 22.3 Å². The summed E-state index contributed by atoms with van der Waals surface area (Å²) in [6.07, 6.45) is -0.145. The quantitative estimate of drug-likeness (QED) is 0.0645. The van der Waals surface area contributed by atoms with Crippen molar-refractivity contribution >= 4 is 35.6 Å². The van der Waals surface area contributed by atoms with Gasteiger partial charge >= 0.3 is 11.9 Å². The molecule has 0 spiro atoms. The second-order valence-electron chi connectivity index (χ2n) is 9.49. The number of nitrogens with one attached hydrogen (secondary N) is 3. The van der Waals surface area contributed by atoms with Crippen LogP contribution in [-0.4, -0.2) is 76.5 Å². The number of benzene rings is 1. The van der Waals surface area contributed by atoms with Crippen molar-refractivity contribution < 1.29 is 34.2 Å². The molecule has 216 valence electrons. The minimum atomic E-state index is -1.71. The minimum absolute atomic E-state index is 0.00360. The summed E-state index contributed by atoms with van der Waals surface area (Å²) in [6, 6.07) is 4.18. The molecule has 0 aliphatic carbocycles.